The molecule has 0 aromatic carbocycles. The Morgan fingerprint density at radius 1 is 1.32 bits per heavy atom. The summed E-state index contributed by atoms with van der Waals surface area (Å²) >= 11 is 1.49. The second kappa shape index (κ2) is 4.97. The minimum absolute atomic E-state index is 0.641. The Bertz CT molecular complexity index is 700. The van der Waals surface area contributed by atoms with Crippen molar-refractivity contribution in [1.82, 2.24) is 19.5 Å². The number of fused-ring (bicyclic) bond motifs is 1. The van der Waals surface area contributed by atoms with Crippen molar-refractivity contribution in [2.24, 2.45) is 7.05 Å². The summed E-state index contributed by atoms with van der Waals surface area (Å²) in [5.74, 6) is 1.07. The molecule has 3 aromatic heterocycles. The number of aromatic nitrogens is 4. The maximum absolute atomic E-state index is 5.62. The van der Waals surface area contributed by atoms with Crippen LogP contribution in [-0.2, 0) is 19.9 Å². The Kier molecular flexibility index (Phi) is 3.16. The average Bonchev–Trinajstić information content (AvgIpc) is 2.96. The van der Waals surface area contributed by atoms with Gasteiger partial charge in [-0.3, -0.25) is 0 Å². The lowest BCUT2D eigenvalue weighted by molar-refractivity contribution is 0.724. The molecule has 3 heterocycles. The summed E-state index contributed by atoms with van der Waals surface area (Å²) in [6, 6.07) is 3.91. The van der Waals surface area contributed by atoms with Crippen molar-refractivity contribution in [3.05, 3.63) is 35.2 Å². The van der Waals surface area contributed by atoms with Gasteiger partial charge in [-0.2, -0.15) is 0 Å². The molecular weight excluding hydrogens is 258 g/mol. The molecule has 98 valence electrons. The van der Waals surface area contributed by atoms with Crippen LogP contribution in [0.5, 0.6) is 0 Å². The number of thiazole rings is 1. The monoisotopic (exact) mass is 273 g/mol. The van der Waals surface area contributed by atoms with E-state index in [0.717, 1.165) is 41.9 Å². The van der Waals surface area contributed by atoms with E-state index in [2.05, 4.69) is 19.5 Å². The number of imidazole rings is 1. The van der Waals surface area contributed by atoms with Gasteiger partial charge in [-0.05, 0) is 25.0 Å². The van der Waals surface area contributed by atoms with Gasteiger partial charge in [0, 0.05) is 25.0 Å². The van der Waals surface area contributed by atoms with Crippen LogP contribution in [0.4, 0.5) is 5.13 Å². The summed E-state index contributed by atoms with van der Waals surface area (Å²) < 4.78 is 2.06. The van der Waals surface area contributed by atoms with E-state index in [-0.39, 0.29) is 0 Å². The fourth-order valence-corrected chi connectivity index (χ4v) is 2.76. The van der Waals surface area contributed by atoms with E-state index >= 15 is 0 Å². The van der Waals surface area contributed by atoms with E-state index in [0.29, 0.717) is 5.13 Å². The van der Waals surface area contributed by atoms with Crippen molar-refractivity contribution >= 4 is 27.6 Å². The molecule has 19 heavy (non-hydrogen) atoms. The Morgan fingerprint density at radius 3 is 2.95 bits per heavy atom. The van der Waals surface area contributed by atoms with Crippen LogP contribution in [0.3, 0.4) is 0 Å². The SMILES string of the molecule is Cn1c(CCCc2csc(N)n2)nc2cccnc21. The number of anilines is 1. The molecule has 0 amide bonds. The van der Waals surface area contributed by atoms with Crippen LogP contribution in [0.25, 0.3) is 11.2 Å². The Hall–Kier alpha value is -1.95. The van der Waals surface area contributed by atoms with Gasteiger partial charge in [-0.25, -0.2) is 15.0 Å². The van der Waals surface area contributed by atoms with Gasteiger partial charge in [-0.1, -0.05) is 0 Å². The number of nitrogens with two attached hydrogens (primary N) is 1. The van der Waals surface area contributed by atoms with Crippen LogP contribution in [0.15, 0.2) is 23.7 Å². The van der Waals surface area contributed by atoms with E-state index < -0.39 is 0 Å². The number of hydrogen-bond acceptors (Lipinski definition) is 5. The molecule has 0 aliphatic carbocycles. The lowest BCUT2D eigenvalue weighted by Gasteiger charge is -2.00. The van der Waals surface area contributed by atoms with E-state index in [1.54, 1.807) is 6.20 Å². The van der Waals surface area contributed by atoms with E-state index in [4.69, 9.17) is 5.73 Å². The molecule has 0 aliphatic heterocycles. The van der Waals surface area contributed by atoms with Crippen LogP contribution < -0.4 is 5.73 Å². The molecular formula is C13H15N5S. The first-order chi connectivity index (χ1) is 9.24. The zero-order chi connectivity index (χ0) is 13.2. The number of aryl methyl sites for hydroxylation is 3. The topological polar surface area (TPSA) is 69.6 Å². The normalized spacial score (nSPS) is 11.2. The fraction of sp³-hybridized carbons (Fsp3) is 0.308. The molecule has 2 N–H and O–H groups in total. The largest absolute Gasteiger partial charge is 0.375 e. The lowest BCUT2D eigenvalue weighted by atomic mass is 10.2. The van der Waals surface area contributed by atoms with E-state index in [1.165, 1.54) is 11.3 Å². The van der Waals surface area contributed by atoms with Crippen molar-refractivity contribution in [2.75, 3.05) is 5.73 Å². The summed E-state index contributed by atoms with van der Waals surface area (Å²) in [6.45, 7) is 0. The molecule has 5 nitrogen and oxygen atoms in total. The van der Waals surface area contributed by atoms with Crippen molar-refractivity contribution < 1.29 is 0 Å². The van der Waals surface area contributed by atoms with Crippen LogP contribution in [0.1, 0.15) is 17.9 Å². The third-order valence-electron chi connectivity index (χ3n) is 3.12. The Morgan fingerprint density at radius 2 is 2.21 bits per heavy atom. The van der Waals surface area contributed by atoms with Gasteiger partial charge in [-0.15, -0.1) is 11.3 Å². The van der Waals surface area contributed by atoms with Crippen molar-refractivity contribution in [2.45, 2.75) is 19.3 Å². The molecule has 0 radical (unpaired) electrons. The molecule has 3 rings (SSSR count). The lowest BCUT2D eigenvalue weighted by Crippen LogP contribution is -2.00. The summed E-state index contributed by atoms with van der Waals surface area (Å²) in [5.41, 5.74) is 8.58. The first kappa shape index (κ1) is 12.1. The summed E-state index contributed by atoms with van der Waals surface area (Å²) in [4.78, 5) is 13.2. The molecule has 0 unspecified atom stereocenters. The highest BCUT2D eigenvalue weighted by molar-refractivity contribution is 7.13. The van der Waals surface area contributed by atoms with Crippen LogP contribution in [0, 0.1) is 0 Å². The van der Waals surface area contributed by atoms with E-state index in [9.17, 15) is 0 Å². The van der Waals surface area contributed by atoms with Gasteiger partial charge in [0.15, 0.2) is 10.8 Å². The maximum Gasteiger partial charge on any atom is 0.180 e. The smallest absolute Gasteiger partial charge is 0.180 e. The molecule has 0 bridgehead atoms. The van der Waals surface area contributed by atoms with Gasteiger partial charge in [0.2, 0.25) is 0 Å². The molecule has 0 spiro atoms. The molecule has 0 atom stereocenters. The van der Waals surface area contributed by atoms with Crippen molar-refractivity contribution in [3.63, 3.8) is 0 Å². The zero-order valence-electron chi connectivity index (χ0n) is 10.7. The number of hydrogen-bond donors (Lipinski definition) is 1. The van der Waals surface area contributed by atoms with Gasteiger partial charge < -0.3 is 10.3 Å². The standard InChI is InChI=1S/C13H15N5S/c1-18-11(17-10-5-3-7-15-12(10)18)6-2-4-9-8-19-13(14)16-9/h3,5,7-8H,2,4,6H2,1H3,(H2,14,16). The minimum Gasteiger partial charge on any atom is -0.375 e. The average molecular weight is 273 g/mol. The van der Waals surface area contributed by atoms with Crippen LogP contribution >= 0.6 is 11.3 Å². The second-order valence-electron chi connectivity index (χ2n) is 4.46. The number of nitrogens with zero attached hydrogens (tertiary/aromatic N) is 4. The summed E-state index contributed by atoms with van der Waals surface area (Å²) in [6.07, 6.45) is 4.67. The van der Waals surface area contributed by atoms with E-state index in [1.807, 2.05) is 24.6 Å². The Balaban J connectivity index is 1.70. The molecule has 0 saturated heterocycles. The van der Waals surface area contributed by atoms with Crippen molar-refractivity contribution in [1.29, 1.82) is 0 Å². The third kappa shape index (κ3) is 2.44. The second-order valence-corrected chi connectivity index (χ2v) is 5.35. The van der Waals surface area contributed by atoms with Gasteiger partial charge in [0.1, 0.15) is 11.3 Å². The molecule has 0 fully saturated rings. The quantitative estimate of drug-likeness (QED) is 0.791. The third-order valence-corrected chi connectivity index (χ3v) is 3.85. The highest BCUT2D eigenvalue weighted by Crippen LogP contribution is 2.16. The Labute approximate surface area is 115 Å². The maximum atomic E-state index is 5.62. The summed E-state index contributed by atoms with van der Waals surface area (Å²) in [5, 5.41) is 2.66. The van der Waals surface area contributed by atoms with Gasteiger partial charge in [0.05, 0.1) is 5.69 Å². The number of rotatable bonds is 4. The van der Waals surface area contributed by atoms with Gasteiger partial charge >= 0.3 is 0 Å². The highest BCUT2D eigenvalue weighted by Gasteiger charge is 2.08. The first-order valence-corrected chi connectivity index (χ1v) is 7.08. The fourth-order valence-electron chi connectivity index (χ4n) is 2.16. The molecule has 0 saturated carbocycles. The highest BCUT2D eigenvalue weighted by atomic mass is 32.1. The first-order valence-electron chi connectivity index (χ1n) is 6.20. The zero-order valence-corrected chi connectivity index (χ0v) is 11.5. The molecule has 6 heteroatoms. The minimum atomic E-state index is 0.641. The predicted octanol–water partition coefficient (Wildman–Crippen LogP) is 2.18. The molecule has 3 aromatic rings. The van der Waals surface area contributed by atoms with Gasteiger partial charge in [0.25, 0.3) is 0 Å². The molecule has 0 aliphatic rings. The number of pyridine rings is 1. The predicted molar refractivity (Wildman–Crippen MR) is 77.1 cm³/mol. The van der Waals surface area contributed by atoms with Crippen molar-refractivity contribution in [3.8, 4) is 0 Å². The van der Waals surface area contributed by atoms with Crippen LogP contribution in [0.2, 0.25) is 0 Å². The number of nitrogen functional groups attached to an aromatic ring is 1. The summed E-state index contributed by atoms with van der Waals surface area (Å²) in [7, 11) is 2.01. The van der Waals surface area contributed by atoms with Crippen LogP contribution in [-0.4, -0.2) is 19.5 Å².